The van der Waals surface area contributed by atoms with Crippen LogP contribution in [0.15, 0.2) is 18.2 Å². The van der Waals surface area contributed by atoms with E-state index in [1.54, 1.807) is 0 Å². The number of fused-ring (bicyclic) bond motifs is 1. The van der Waals surface area contributed by atoms with Gasteiger partial charge in [-0.1, -0.05) is 31.8 Å². The number of aliphatic hydroxyl groups excluding tert-OH is 1. The van der Waals surface area contributed by atoms with Crippen molar-refractivity contribution in [1.29, 1.82) is 0 Å². The largest absolute Gasteiger partial charge is 0.384 e. The van der Waals surface area contributed by atoms with Gasteiger partial charge in [0.25, 0.3) is 0 Å². The molecule has 0 radical (unpaired) electrons. The molecule has 0 spiro atoms. The van der Waals surface area contributed by atoms with Gasteiger partial charge < -0.3 is 10.4 Å². The first kappa shape index (κ1) is 13.3. The number of nitrogens with one attached hydrogen (secondary N) is 1. The summed E-state index contributed by atoms with van der Waals surface area (Å²) in [4.78, 5) is 11.2. The van der Waals surface area contributed by atoms with Crippen molar-refractivity contribution in [3.8, 4) is 11.8 Å². The Hall–Kier alpha value is -1.79. The molecule has 1 amide bonds. The highest BCUT2D eigenvalue weighted by Gasteiger charge is 2.13. The van der Waals surface area contributed by atoms with Gasteiger partial charge in [0.15, 0.2) is 0 Å². The number of hydrogen-bond donors (Lipinski definition) is 2. The normalized spacial score (nSPS) is 12.3. The van der Waals surface area contributed by atoms with Crippen molar-refractivity contribution < 1.29 is 9.90 Å². The predicted molar refractivity (Wildman–Crippen MR) is 68.7 cm³/mol. The molecule has 1 heterocycles. The number of carbonyl (C=O) groups is 1. The zero-order chi connectivity index (χ0) is 12.7. The molecule has 0 atom stereocenters. The molecule has 2 rings (SSSR count). The minimum absolute atomic E-state index is 0.0507. The van der Waals surface area contributed by atoms with E-state index in [9.17, 15) is 4.79 Å². The van der Waals surface area contributed by atoms with Crippen molar-refractivity contribution >= 4 is 11.6 Å². The smallest absolute Gasteiger partial charge is 0.224 e. The molecule has 17 heavy (non-hydrogen) atoms. The van der Waals surface area contributed by atoms with Crippen LogP contribution in [0.5, 0.6) is 0 Å². The third-order valence-electron chi connectivity index (χ3n) is 2.32. The molecular weight excluding hydrogens is 214 g/mol. The fourth-order valence-electron chi connectivity index (χ4n) is 1.59. The van der Waals surface area contributed by atoms with Crippen LogP contribution in [0.1, 0.15) is 31.4 Å². The Morgan fingerprint density at radius 3 is 2.82 bits per heavy atom. The van der Waals surface area contributed by atoms with Crippen molar-refractivity contribution in [2.24, 2.45) is 0 Å². The molecule has 3 heteroatoms. The van der Waals surface area contributed by atoms with E-state index in [1.165, 1.54) is 0 Å². The first-order chi connectivity index (χ1) is 8.29. The lowest BCUT2D eigenvalue weighted by molar-refractivity contribution is -0.116. The number of benzene rings is 1. The molecule has 1 aromatic carbocycles. The van der Waals surface area contributed by atoms with E-state index in [0.29, 0.717) is 6.42 Å². The monoisotopic (exact) mass is 231 g/mol. The van der Waals surface area contributed by atoms with E-state index in [-0.39, 0.29) is 12.5 Å². The molecule has 1 aliphatic heterocycles. The van der Waals surface area contributed by atoms with E-state index in [2.05, 4.69) is 17.2 Å². The summed E-state index contributed by atoms with van der Waals surface area (Å²) in [6.07, 6.45) is 1.34. The Bertz CT molecular complexity index is 455. The highest BCUT2D eigenvalue weighted by atomic mass is 16.2. The quantitative estimate of drug-likeness (QED) is 0.670. The molecular formula is C14H17NO2. The van der Waals surface area contributed by atoms with Crippen molar-refractivity contribution in [2.45, 2.75) is 26.7 Å². The second kappa shape index (κ2) is 6.72. The average molecular weight is 231 g/mol. The molecule has 90 valence electrons. The van der Waals surface area contributed by atoms with Crippen LogP contribution in [0, 0.1) is 11.8 Å². The van der Waals surface area contributed by atoms with Gasteiger partial charge in [-0.3, -0.25) is 4.79 Å². The first-order valence-electron chi connectivity index (χ1n) is 5.82. The summed E-state index contributed by atoms with van der Waals surface area (Å²) in [5.41, 5.74) is 2.80. The Balaban J connectivity index is 0.000000686. The average Bonchev–Trinajstić information content (AvgIpc) is 2.38. The van der Waals surface area contributed by atoms with Gasteiger partial charge in [-0.15, -0.1) is 0 Å². The van der Waals surface area contributed by atoms with Crippen LogP contribution in [0.4, 0.5) is 5.69 Å². The van der Waals surface area contributed by atoms with Gasteiger partial charge in [0.05, 0.1) is 0 Å². The fraction of sp³-hybridized carbons (Fsp3) is 0.357. The van der Waals surface area contributed by atoms with Crippen molar-refractivity contribution in [3.63, 3.8) is 0 Å². The Labute approximate surface area is 102 Å². The lowest BCUT2D eigenvalue weighted by atomic mass is 10.0. The predicted octanol–water partition coefficient (Wildman–Crippen LogP) is 1.94. The van der Waals surface area contributed by atoms with Crippen LogP contribution in [-0.4, -0.2) is 17.6 Å². The Morgan fingerprint density at radius 1 is 1.35 bits per heavy atom. The second-order valence-electron chi connectivity index (χ2n) is 3.38. The number of carbonyl (C=O) groups excluding carboxylic acids is 1. The molecule has 1 aromatic rings. The van der Waals surface area contributed by atoms with Gasteiger partial charge in [-0.05, 0) is 24.1 Å². The summed E-state index contributed by atoms with van der Waals surface area (Å²) in [6, 6.07) is 5.71. The van der Waals surface area contributed by atoms with Gasteiger partial charge >= 0.3 is 0 Å². The van der Waals surface area contributed by atoms with E-state index >= 15 is 0 Å². The van der Waals surface area contributed by atoms with Crippen LogP contribution in [0.2, 0.25) is 0 Å². The third kappa shape index (κ3) is 3.61. The van der Waals surface area contributed by atoms with Crippen molar-refractivity contribution in [1.82, 2.24) is 0 Å². The van der Waals surface area contributed by atoms with Crippen LogP contribution < -0.4 is 5.32 Å². The molecule has 2 N–H and O–H groups in total. The highest BCUT2D eigenvalue weighted by molar-refractivity contribution is 5.94. The van der Waals surface area contributed by atoms with Gasteiger partial charge in [0.2, 0.25) is 5.91 Å². The maximum Gasteiger partial charge on any atom is 0.224 e. The van der Waals surface area contributed by atoms with Crippen molar-refractivity contribution in [2.75, 3.05) is 11.9 Å². The van der Waals surface area contributed by atoms with Gasteiger partial charge in [-0.25, -0.2) is 0 Å². The molecule has 0 aromatic heterocycles. The van der Waals surface area contributed by atoms with E-state index in [1.807, 2.05) is 32.0 Å². The fourth-order valence-corrected chi connectivity index (χ4v) is 1.59. The lowest BCUT2D eigenvalue weighted by Crippen LogP contribution is -2.18. The number of anilines is 1. The van der Waals surface area contributed by atoms with Crippen molar-refractivity contribution in [3.05, 3.63) is 29.3 Å². The number of hydrogen-bond acceptors (Lipinski definition) is 2. The number of aliphatic hydroxyl groups is 1. The SMILES string of the molecule is CC.O=C1CCc2ccc(C#CCO)cc2N1. The number of amides is 1. The zero-order valence-electron chi connectivity index (χ0n) is 10.2. The van der Waals surface area contributed by atoms with Gasteiger partial charge in [0, 0.05) is 17.7 Å². The molecule has 0 unspecified atom stereocenters. The topological polar surface area (TPSA) is 49.3 Å². The van der Waals surface area contributed by atoms with Gasteiger partial charge in [0.1, 0.15) is 6.61 Å². The van der Waals surface area contributed by atoms with E-state index in [0.717, 1.165) is 23.2 Å². The molecule has 0 fully saturated rings. The molecule has 0 saturated carbocycles. The maximum absolute atomic E-state index is 11.2. The molecule has 1 aliphatic rings. The summed E-state index contributed by atoms with van der Waals surface area (Å²) in [5.74, 6) is 5.43. The van der Waals surface area contributed by atoms with Crippen LogP contribution in [0.3, 0.4) is 0 Å². The summed E-state index contributed by atoms with van der Waals surface area (Å²) in [5, 5.41) is 11.4. The third-order valence-corrected chi connectivity index (χ3v) is 2.32. The van der Waals surface area contributed by atoms with Gasteiger partial charge in [-0.2, -0.15) is 0 Å². The molecule has 0 saturated heterocycles. The van der Waals surface area contributed by atoms with Crippen LogP contribution in [0.25, 0.3) is 0 Å². The summed E-state index contributed by atoms with van der Waals surface area (Å²) < 4.78 is 0. The first-order valence-corrected chi connectivity index (χ1v) is 5.82. The number of rotatable bonds is 0. The van der Waals surface area contributed by atoms with Crippen LogP contribution >= 0.6 is 0 Å². The summed E-state index contributed by atoms with van der Waals surface area (Å²) in [6.45, 7) is 3.85. The minimum Gasteiger partial charge on any atom is -0.384 e. The highest BCUT2D eigenvalue weighted by Crippen LogP contribution is 2.23. The molecule has 0 aliphatic carbocycles. The maximum atomic E-state index is 11.2. The molecule has 3 nitrogen and oxygen atoms in total. The zero-order valence-corrected chi connectivity index (χ0v) is 10.2. The second-order valence-corrected chi connectivity index (χ2v) is 3.38. The Kier molecular flexibility index (Phi) is 5.25. The van der Waals surface area contributed by atoms with E-state index < -0.39 is 0 Å². The Morgan fingerprint density at radius 2 is 2.12 bits per heavy atom. The van der Waals surface area contributed by atoms with E-state index in [4.69, 9.17) is 5.11 Å². The molecule has 0 bridgehead atoms. The summed E-state index contributed by atoms with van der Waals surface area (Å²) in [7, 11) is 0. The summed E-state index contributed by atoms with van der Waals surface area (Å²) >= 11 is 0. The lowest BCUT2D eigenvalue weighted by Gasteiger charge is -2.16. The number of aryl methyl sites for hydroxylation is 1. The minimum atomic E-state index is -0.149. The standard InChI is InChI=1S/C12H11NO2.C2H6/c14-7-1-2-9-3-4-10-5-6-12(15)13-11(10)8-9;1-2/h3-4,8,14H,5-7H2,(H,13,15);1-2H3. The van der Waals surface area contributed by atoms with Crippen LogP contribution in [-0.2, 0) is 11.2 Å².